The summed E-state index contributed by atoms with van der Waals surface area (Å²) >= 11 is 0. The maximum atomic E-state index is 11.5. The van der Waals surface area contributed by atoms with E-state index < -0.39 is 5.60 Å². The lowest BCUT2D eigenvalue weighted by Gasteiger charge is -2.44. The zero-order valence-electron chi connectivity index (χ0n) is 10.4. The predicted octanol–water partition coefficient (Wildman–Crippen LogP) is 1.51. The fourth-order valence-electron chi connectivity index (χ4n) is 2.66. The van der Waals surface area contributed by atoms with E-state index in [-0.39, 0.29) is 6.09 Å². The molecule has 0 aromatic rings. The molecule has 2 fully saturated rings. The largest absolute Gasteiger partial charge is 0.444 e. The smallest absolute Gasteiger partial charge is 0.407 e. The third-order valence-electron chi connectivity index (χ3n) is 3.71. The number of fused-ring (bicyclic) bond motifs is 1. The van der Waals surface area contributed by atoms with Crippen molar-refractivity contribution in [3.63, 3.8) is 0 Å². The summed E-state index contributed by atoms with van der Waals surface area (Å²) in [4.78, 5) is 11.5. The highest BCUT2D eigenvalue weighted by atomic mass is 16.6. The Balaban J connectivity index is 1.77. The van der Waals surface area contributed by atoms with Crippen molar-refractivity contribution >= 4 is 6.09 Å². The predicted molar refractivity (Wildman–Crippen MR) is 62.3 cm³/mol. The molecule has 1 saturated heterocycles. The van der Waals surface area contributed by atoms with Gasteiger partial charge in [0.2, 0.25) is 0 Å². The van der Waals surface area contributed by atoms with E-state index in [0.717, 1.165) is 25.6 Å². The van der Waals surface area contributed by atoms with Crippen LogP contribution in [-0.2, 0) is 4.74 Å². The lowest BCUT2D eigenvalue weighted by Crippen LogP contribution is -2.49. The summed E-state index contributed by atoms with van der Waals surface area (Å²) in [5.74, 6) is 0.752. The summed E-state index contributed by atoms with van der Waals surface area (Å²) < 4.78 is 5.23. The number of amides is 1. The molecule has 4 heteroatoms. The molecule has 0 unspecified atom stereocenters. The Morgan fingerprint density at radius 1 is 1.56 bits per heavy atom. The Morgan fingerprint density at radius 3 is 2.81 bits per heavy atom. The number of carbonyl (C=O) groups excluding carboxylic acids is 1. The molecule has 0 radical (unpaired) electrons. The molecule has 2 N–H and O–H groups in total. The van der Waals surface area contributed by atoms with Crippen molar-refractivity contribution in [2.75, 3.05) is 19.6 Å². The van der Waals surface area contributed by atoms with Gasteiger partial charge in [-0.1, -0.05) is 0 Å². The molecule has 0 aromatic heterocycles. The summed E-state index contributed by atoms with van der Waals surface area (Å²) in [6.07, 6.45) is 2.23. The lowest BCUT2D eigenvalue weighted by atomic mass is 9.62. The van der Waals surface area contributed by atoms with Crippen molar-refractivity contribution in [2.24, 2.45) is 11.3 Å². The molecule has 0 aromatic carbocycles. The van der Waals surface area contributed by atoms with Crippen LogP contribution in [0.4, 0.5) is 4.79 Å². The second-order valence-corrected chi connectivity index (χ2v) is 6.08. The Labute approximate surface area is 97.1 Å². The van der Waals surface area contributed by atoms with Crippen LogP contribution >= 0.6 is 0 Å². The molecule has 1 aliphatic heterocycles. The minimum Gasteiger partial charge on any atom is -0.444 e. The number of alkyl carbamates (subject to hydrolysis) is 1. The van der Waals surface area contributed by atoms with Crippen molar-refractivity contribution < 1.29 is 9.53 Å². The summed E-state index contributed by atoms with van der Waals surface area (Å²) in [5.41, 5.74) is -0.0917. The third-order valence-corrected chi connectivity index (χ3v) is 3.71. The Kier molecular flexibility index (Phi) is 2.86. The van der Waals surface area contributed by atoms with Gasteiger partial charge in [0, 0.05) is 18.5 Å². The van der Waals surface area contributed by atoms with Gasteiger partial charge in [-0.15, -0.1) is 0 Å². The van der Waals surface area contributed by atoms with E-state index in [1.807, 2.05) is 20.8 Å². The van der Waals surface area contributed by atoms with Gasteiger partial charge in [0.15, 0.2) is 0 Å². The molecule has 0 spiro atoms. The van der Waals surface area contributed by atoms with Gasteiger partial charge in [-0.05, 0) is 46.1 Å². The first-order valence-corrected chi connectivity index (χ1v) is 6.09. The molecule has 1 saturated carbocycles. The molecule has 1 aliphatic carbocycles. The molecule has 4 nitrogen and oxygen atoms in total. The first-order chi connectivity index (χ1) is 7.41. The van der Waals surface area contributed by atoms with E-state index in [1.54, 1.807) is 0 Å². The van der Waals surface area contributed by atoms with Crippen molar-refractivity contribution in [3.8, 4) is 0 Å². The summed E-state index contributed by atoms with van der Waals surface area (Å²) in [5, 5.41) is 6.31. The van der Waals surface area contributed by atoms with Gasteiger partial charge < -0.3 is 15.4 Å². The number of ether oxygens (including phenoxy) is 1. The molecular formula is C12H22N2O2. The molecule has 2 atom stereocenters. The average molecular weight is 226 g/mol. The fourth-order valence-corrected chi connectivity index (χ4v) is 2.66. The molecule has 1 heterocycles. The van der Waals surface area contributed by atoms with Gasteiger partial charge in [-0.3, -0.25) is 0 Å². The number of carbonyl (C=O) groups is 1. The van der Waals surface area contributed by atoms with Crippen molar-refractivity contribution in [1.29, 1.82) is 0 Å². The van der Waals surface area contributed by atoms with Crippen molar-refractivity contribution in [1.82, 2.24) is 10.6 Å². The van der Waals surface area contributed by atoms with Gasteiger partial charge in [-0.2, -0.15) is 0 Å². The molecule has 1 amide bonds. The second kappa shape index (κ2) is 3.91. The molecule has 92 valence electrons. The maximum absolute atomic E-state index is 11.5. The van der Waals surface area contributed by atoms with Crippen LogP contribution in [0.15, 0.2) is 0 Å². The van der Waals surface area contributed by atoms with Gasteiger partial charge in [0.1, 0.15) is 5.60 Å². The van der Waals surface area contributed by atoms with Gasteiger partial charge in [0.05, 0.1) is 0 Å². The van der Waals surface area contributed by atoms with Crippen LogP contribution in [0.1, 0.15) is 33.6 Å². The van der Waals surface area contributed by atoms with E-state index in [1.165, 1.54) is 12.8 Å². The van der Waals surface area contributed by atoms with Crippen LogP contribution in [0.25, 0.3) is 0 Å². The minimum absolute atomic E-state index is 0.292. The topological polar surface area (TPSA) is 50.4 Å². The SMILES string of the molecule is CC(C)(C)OC(=O)NC[C@@]12CC[C@@H]1CNC2. The second-order valence-electron chi connectivity index (χ2n) is 6.08. The summed E-state index contributed by atoms with van der Waals surface area (Å²) in [6, 6.07) is 0. The number of rotatable bonds is 2. The molecule has 2 aliphatic rings. The highest BCUT2D eigenvalue weighted by molar-refractivity contribution is 5.67. The highest BCUT2D eigenvalue weighted by Crippen LogP contribution is 2.48. The van der Waals surface area contributed by atoms with Gasteiger partial charge in [-0.25, -0.2) is 4.79 Å². The fraction of sp³-hybridized carbons (Fsp3) is 0.917. The third kappa shape index (κ3) is 2.32. The van der Waals surface area contributed by atoms with Crippen LogP contribution in [-0.4, -0.2) is 31.3 Å². The van der Waals surface area contributed by atoms with Crippen LogP contribution in [0, 0.1) is 11.3 Å². The Morgan fingerprint density at radius 2 is 2.31 bits per heavy atom. The zero-order valence-corrected chi connectivity index (χ0v) is 10.4. The van der Waals surface area contributed by atoms with Gasteiger partial charge >= 0.3 is 6.09 Å². The van der Waals surface area contributed by atoms with Crippen LogP contribution < -0.4 is 10.6 Å². The number of hydrogen-bond donors (Lipinski definition) is 2. The minimum atomic E-state index is -0.408. The molecular weight excluding hydrogens is 204 g/mol. The van der Waals surface area contributed by atoms with E-state index in [0.29, 0.717) is 5.41 Å². The Hall–Kier alpha value is -0.770. The van der Waals surface area contributed by atoms with Crippen LogP contribution in [0.3, 0.4) is 0 Å². The lowest BCUT2D eigenvalue weighted by molar-refractivity contribution is 0.0397. The van der Waals surface area contributed by atoms with E-state index >= 15 is 0 Å². The number of nitrogens with one attached hydrogen (secondary N) is 2. The molecule has 0 bridgehead atoms. The first kappa shape index (κ1) is 11.7. The first-order valence-electron chi connectivity index (χ1n) is 6.09. The highest BCUT2D eigenvalue weighted by Gasteiger charge is 2.49. The van der Waals surface area contributed by atoms with E-state index in [2.05, 4.69) is 10.6 Å². The normalized spacial score (nSPS) is 32.8. The molecule has 2 rings (SSSR count). The summed E-state index contributed by atoms with van der Waals surface area (Å²) in [6.45, 7) is 8.54. The quantitative estimate of drug-likeness (QED) is 0.750. The van der Waals surface area contributed by atoms with Crippen LogP contribution in [0.5, 0.6) is 0 Å². The summed E-state index contributed by atoms with van der Waals surface area (Å²) in [7, 11) is 0. The Bertz CT molecular complexity index is 285. The van der Waals surface area contributed by atoms with E-state index in [4.69, 9.17) is 4.74 Å². The molecule has 16 heavy (non-hydrogen) atoms. The zero-order chi connectivity index (χ0) is 11.8. The van der Waals surface area contributed by atoms with Crippen molar-refractivity contribution in [2.45, 2.75) is 39.2 Å². The van der Waals surface area contributed by atoms with E-state index in [9.17, 15) is 4.79 Å². The monoisotopic (exact) mass is 226 g/mol. The standard InChI is InChI=1S/C12H22N2O2/c1-11(2,3)16-10(15)14-8-12-5-4-9(12)6-13-7-12/h9,13H,4-8H2,1-3H3,(H,14,15)/t9-,12+/m1/s1. The average Bonchev–Trinajstić information content (AvgIpc) is 2.37. The van der Waals surface area contributed by atoms with Gasteiger partial charge in [0.25, 0.3) is 0 Å². The van der Waals surface area contributed by atoms with Crippen molar-refractivity contribution in [3.05, 3.63) is 0 Å². The maximum Gasteiger partial charge on any atom is 0.407 e. The number of hydrogen-bond acceptors (Lipinski definition) is 3. The van der Waals surface area contributed by atoms with Crippen LogP contribution in [0.2, 0.25) is 0 Å².